The number of fused-ring (bicyclic) bond motifs is 1. The highest BCUT2D eigenvalue weighted by Gasteiger charge is 2.20. The number of carboxylic acids is 1. The Kier molecular flexibility index (Phi) is 5.02. The first-order valence-corrected chi connectivity index (χ1v) is 10.2. The van der Waals surface area contributed by atoms with Gasteiger partial charge in [-0.05, 0) is 29.8 Å². The summed E-state index contributed by atoms with van der Waals surface area (Å²) < 4.78 is 6.92. The fourth-order valence-electron chi connectivity index (χ4n) is 3.21. The summed E-state index contributed by atoms with van der Waals surface area (Å²) in [4.78, 5) is 30.0. The molecule has 4 aromatic rings. The second kappa shape index (κ2) is 7.50. The number of rotatable bonds is 5. The first kappa shape index (κ1) is 19.4. The number of carboxylic acid groups (broad SMARTS) is 1. The lowest BCUT2D eigenvalue weighted by Crippen LogP contribution is -2.26. The van der Waals surface area contributed by atoms with Gasteiger partial charge >= 0.3 is 5.97 Å². The molecule has 0 aliphatic heterocycles. The zero-order chi connectivity index (χ0) is 20.7. The summed E-state index contributed by atoms with van der Waals surface area (Å²) in [5, 5.41) is 12.2. The topological polar surface area (TPSA) is 85.3 Å². The van der Waals surface area contributed by atoms with Crippen LogP contribution in [-0.4, -0.2) is 20.6 Å². The molecule has 4 rings (SSSR count). The number of benzene rings is 1. The molecule has 6 nitrogen and oxygen atoms in total. The molecule has 3 heterocycles. The highest BCUT2D eigenvalue weighted by atomic mass is 35.5. The van der Waals surface area contributed by atoms with Crippen LogP contribution in [0.3, 0.4) is 0 Å². The summed E-state index contributed by atoms with van der Waals surface area (Å²) in [5.74, 6) is -0.298. The van der Waals surface area contributed by atoms with Crippen molar-refractivity contribution < 1.29 is 14.3 Å². The van der Waals surface area contributed by atoms with E-state index in [1.807, 2.05) is 31.4 Å². The molecule has 0 amide bonds. The number of hydrogen-bond acceptors (Lipinski definition) is 5. The van der Waals surface area contributed by atoms with E-state index in [4.69, 9.17) is 26.1 Å². The fraction of sp³-hybridized carbons (Fsp3) is 0.190. The summed E-state index contributed by atoms with van der Waals surface area (Å²) in [7, 11) is 0. The maximum atomic E-state index is 13.5. The normalized spacial score (nSPS) is 11.4. The van der Waals surface area contributed by atoms with Gasteiger partial charge in [0.05, 0.1) is 11.9 Å². The summed E-state index contributed by atoms with van der Waals surface area (Å²) in [6, 6.07) is 10.3. The lowest BCUT2D eigenvalue weighted by molar-refractivity contribution is 0.0660. The van der Waals surface area contributed by atoms with Crippen LogP contribution < -0.4 is 5.56 Å². The molecule has 0 saturated heterocycles. The largest absolute Gasteiger partial charge is 0.475 e. The molecule has 3 aromatic heterocycles. The van der Waals surface area contributed by atoms with Gasteiger partial charge in [-0.25, -0.2) is 9.78 Å². The van der Waals surface area contributed by atoms with E-state index >= 15 is 0 Å². The van der Waals surface area contributed by atoms with Gasteiger partial charge in [0, 0.05) is 21.9 Å². The van der Waals surface area contributed by atoms with Gasteiger partial charge in [-0.1, -0.05) is 37.6 Å². The predicted molar refractivity (Wildman–Crippen MR) is 113 cm³/mol. The van der Waals surface area contributed by atoms with Crippen molar-refractivity contribution in [1.29, 1.82) is 0 Å². The van der Waals surface area contributed by atoms with E-state index in [0.29, 0.717) is 26.8 Å². The summed E-state index contributed by atoms with van der Waals surface area (Å²) in [6.45, 7) is 4.03. The van der Waals surface area contributed by atoms with Crippen LogP contribution in [0.1, 0.15) is 41.9 Å². The van der Waals surface area contributed by atoms with Crippen LogP contribution >= 0.6 is 22.9 Å². The van der Waals surface area contributed by atoms with E-state index in [9.17, 15) is 9.59 Å². The summed E-state index contributed by atoms with van der Waals surface area (Å²) in [6.07, 6.45) is 0. The zero-order valence-electron chi connectivity index (χ0n) is 15.7. The second-order valence-corrected chi connectivity index (χ2v) is 8.22. The molecule has 29 heavy (non-hydrogen) atoms. The molecule has 0 aliphatic rings. The third-order valence-electron chi connectivity index (χ3n) is 4.58. The van der Waals surface area contributed by atoms with Gasteiger partial charge in [-0.15, -0.1) is 11.3 Å². The highest BCUT2D eigenvalue weighted by molar-refractivity contribution is 7.17. The maximum Gasteiger partial charge on any atom is 0.371 e. The van der Waals surface area contributed by atoms with E-state index in [-0.39, 0.29) is 23.8 Å². The third-order valence-corrected chi connectivity index (χ3v) is 5.71. The number of carbonyl (C=O) groups is 1. The highest BCUT2D eigenvalue weighted by Crippen LogP contribution is 2.32. The Labute approximate surface area is 175 Å². The lowest BCUT2D eigenvalue weighted by atomic mass is 10.1. The van der Waals surface area contributed by atoms with Crippen LogP contribution in [0, 0.1) is 0 Å². The number of thiophene rings is 1. The van der Waals surface area contributed by atoms with E-state index in [0.717, 1.165) is 11.1 Å². The van der Waals surface area contributed by atoms with Crippen LogP contribution in [0.2, 0.25) is 5.02 Å². The molecule has 0 radical (unpaired) electrons. The Morgan fingerprint density at radius 1 is 1.24 bits per heavy atom. The Balaban J connectivity index is 1.89. The molecular formula is C21H17ClN2O4S. The molecule has 0 bridgehead atoms. The summed E-state index contributed by atoms with van der Waals surface area (Å²) >= 11 is 7.41. The smallest absolute Gasteiger partial charge is 0.371 e. The Morgan fingerprint density at radius 3 is 2.59 bits per heavy atom. The SMILES string of the molecule is CC(C)c1nc2scc(-c3ccc(Cl)cc3)c2c(=O)n1Cc1ccc(C(=O)O)o1. The van der Waals surface area contributed by atoms with E-state index in [1.165, 1.54) is 17.4 Å². The molecule has 0 fully saturated rings. The van der Waals surface area contributed by atoms with E-state index in [2.05, 4.69) is 0 Å². The number of hydrogen-bond donors (Lipinski definition) is 1. The number of halogens is 1. The standard InChI is InChI=1S/C21H17ClN2O4S/c1-11(2)18-23-19-17(15(10-29-19)12-3-5-13(22)6-4-12)20(25)24(18)9-14-7-8-16(28-14)21(26)27/h3-8,10-11H,9H2,1-2H3,(H,26,27). The van der Waals surface area contributed by atoms with Crippen molar-refractivity contribution in [3.8, 4) is 11.1 Å². The Bertz CT molecular complexity index is 1270. The molecule has 1 aromatic carbocycles. The molecule has 0 unspecified atom stereocenters. The molecule has 148 valence electrons. The molecular weight excluding hydrogens is 412 g/mol. The zero-order valence-corrected chi connectivity index (χ0v) is 17.3. The first-order valence-electron chi connectivity index (χ1n) is 8.95. The number of nitrogens with zero attached hydrogens (tertiary/aromatic N) is 2. The van der Waals surface area contributed by atoms with Crippen molar-refractivity contribution >= 4 is 39.1 Å². The van der Waals surface area contributed by atoms with Gasteiger partial charge in [0.2, 0.25) is 5.76 Å². The van der Waals surface area contributed by atoms with Gasteiger partial charge < -0.3 is 9.52 Å². The minimum absolute atomic E-state index is 0.00193. The van der Waals surface area contributed by atoms with Gasteiger partial charge in [0.25, 0.3) is 5.56 Å². The molecule has 0 aliphatic carbocycles. The fourth-order valence-corrected chi connectivity index (χ4v) is 4.28. The first-order chi connectivity index (χ1) is 13.8. The van der Waals surface area contributed by atoms with Crippen LogP contribution in [0.25, 0.3) is 21.3 Å². The van der Waals surface area contributed by atoms with Gasteiger partial charge in [0.15, 0.2) is 0 Å². The average molecular weight is 429 g/mol. The molecule has 0 spiro atoms. The van der Waals surface area contributed by atoms with Crippen molar-refractivity contribution in [2.24, 2.45) is 0 Å². The molecule has 0 atom stereocenters. The Hall–Kier alpha value is -2.90. The van der Waals surface area contributed by atoms with E-state index < -0.39 is 5.97 Å². The van der Waals surface area contributed by atoms with E-state index in [1.54, 1.807) is 22.8 Å². The monoisotopic (exact) mass is 428 g/mol. The van der Waals surface area contributed by atoms with Gasteiger partial charge in [-0.2, -0.15) is 0 Å². The van der Waals surface area contributed by atoms with Crippen LogP contribution in [0.5, 0.6) is 0 Å². The van der Waals surface area contributed by atoms with Crippen molar-refractivity contribution in [2.45, 2.75) is 26.3 Å². The second-order valence-electron chi connectivity index (χ2n) is 6.92. The molecule has 1 N–H and O–H groups in total. The lowest BCUT2D eigenvalue weighted by Gasteiger charge is -2.14. The minimum Gasteiger partial charge on any atom is -0.475 e. The quantitative estimate of drug-likeness (QED) is 0.469. The van der Waals surface area contributed by atoms with Crippen molar-refractivity contribution in [3.63, 3.8) is 0 Å². The average Bonchev–Trinajstić information content (AvgIpc) is 3.31. The summed E-state index contributed by atoms with van der Waals surface area (Å²) in [5.41, 5.74) is 1.50. The predicted octanol–water partition coefficient (Wildman–Crippen LogP) is 5.24. The van der Waals surface area contributed by atoms with Crippen molar-refractivity contribution in [2.75, 3.05) is 0 Å². The van der Waals surface area contributed by atoms with Crippen molar-refractivity contribution in [1.82, 2.24) is 9.55 Å². The molecule has 8 heteroatoms. The number of aromatic carboxylic acids is 1. The molecule has 0 saturated carbocycles. The number of aromatic nitrogens is 2. The van der Waals surface area contributed by atoms with Gasteiger partial charge in [-0.3, -0.25) is 9.36 Å². The van der Waals surface area contributed by atoms with Crippen LogP contribution in [0.4, 0.5) is 0 Å². The van der Waals surface area contributed by atoms with Crippen LogP contribution in [-0.2, 0) is 6.54 Å². The Morgan fingerprint density at radius 2 is 1.97 bits per heavy atom. The number of furan rings is 1. The maximum absolute atomic E-state index is 13.5. The van der Waals surface area contributed by atoms with Crippen molar-refractivity contribution in [3.05, 3.63) is 74.5 Å². The third kappa shape index (κ3) is 3.59. The van der Waals surface area contributed by atoms with Gasteiger partial charge in [0.1, 0.15) is 16.4 Å². The minimum atomic E-state index is -1.15. The van der Waals surface area contributed by atoms with Crippen LogP contribution in [0.15, 0.2) is 51.0 Å².